The Morgan fingerprint density at radius 1 is 1.50 bits per heavy atom. The molecule has 0 heterocycles. The molecular weight excluding hydrogens is 142 g/mol. The first-order chi connectivity index (χ1) is 4.70. The van der Waals surface area contributed by atoms with E-state index in [2.05, 4.69) is 26.3 Å². The van der Waals surface area contributed by atoms with Crippen LogP contribution >= 0.6 is 12.2 Å². The first-order valence-electron chi connectivity index (χ1n) is 3.83. The predicted molar refractivity (Wildman–Crippen MR) is 49.3 cm³/mol. The van der Waals surface area contributed by atoms with E-state index < -0.39 is 0 Å². The van der Waals surface area contributed by atoms with E-state index in [1.165, 1.54) is 6.42 Å². The van der Waals surface area contributed by atoms with Gasteiger partial charge in [-0.25, -0.2) is 0 Å². The minimum absolute atomic E-state index is 0.761. The third-order valence-corrected chi connectivity index (χ3v) is 1.75. The van der Waals surface area contributed by atoms with Crippen LogP contribution in [0.1, 0.15) is 27.2 Å². The third kappa shape index (κ3) is 4.74. The first kappa shape index (κ1) is 9.89. The molecule has 0 amide bonds. The van der Waals surface area contributed by atoms with Crippen molar-refractivity contribution in [3.8, 4) is 0 Å². The van der Waals surface area contributed by atoms with Gasteiger partial charge in [0.05, 0.1) is 0 Å². The Morgan fingerprint density at radius 3 is 2.40 bits per heavy atom. The van der Waals surface area contributed by atoms with Gasteiger partial charge in [0.1, 0.15) is 5.49 Å². The lowest BCUT2D eigenvalue weighted by molar-refractivity contribution is 0.409. The van der Waals surface area contributed by atoms with Crippen LogP contribution in [0.25, 0.3) is 0 Å². The van der Waals surface area contributed by atoms with E-state index >= 15 is 0 Å². The van der Waals surface area contributed by atoms with Crippen LogP contribution in [-0.4, -0.2) is 23.5 Å². The molecule has 0 aromatic rings. The summed E-state index contributed by atoms with van der Waals surface area (Å²) in [7, 11) is 0. The lowest BCUT2D eigenvalue weighted by Gasteiger charge is -2.16. The number of thiocarbonyl (C=S) groups is 1. The van der Waals surface area contributed by atoms with Gasteiger partial charge in [-0.2, -0.15) is 0 Å². The van der Waals surface area contributed by atoms with Crippen molar-refractivity contribution in [2.75, 3.05) is 13.1 Å². The van der Waals surface area contributed by atoms with E-state index in [9.17, 15) is 0 Å². The Balaban J connectivity index is 3.34. The van der Waals surface area contributed by atoms with E-state index in [0.717, 1.165) is 19.0 Å². The van der Waals surface area contributed by atoms with Crippen molar-refractivity contribution in [2.24, 2.45) is 5.92 Å². The zero-order valence-corrected chi connectivity index (χ0v) is 7.87. The van der Waals surface area contributed by atoms with Crippen molar-refractivity contribution in [3.63, 3.8) is 0 Å². The van der Waals surface area contributed by atoms with Crippen LogP contribution in [0.5, 0.6) is 0 Å². The second kappa shape index (κ2) is 5.66. The lowest BCUT2D eigenvalue weighted by Crippen LogP contribution is -2.22. The number of nitrogens with zero attached hydrogens (tertiary/aromatic N) is 1. The van der Waals surface area contributed by atoms with Gasteiger partial charge in [0.25, 0.3) is 0 Å². The highest BCUT2D eigenvalue weighted by Gasteiger charge is 1.98. The van der Waals surface area contributed by atoms with Gasteiger partial charge in [-0.15, -0.1) is 0 Å². The van der Waals surface area contributed by atoms with E-state index in [1.54, 1.807) is 0 Å². The van der Waals surface area contributed by atoms with Gasteiger partial charge in [-0.1, -0.05) is 26.1 Å². The average molecular weight is 158 g/mol. The molecule has 0 fully saturated rings. The zero-order chi connectivity index (χ0) is 7.98. The summed E-state index contributed by atoms with van der Waals surface area (Å²) < 4.78 is 0. The van der Waals surface area contributed by atoms with Crippen LogP contribution in [0, 0.1) is 5.92 Å². The smallest absolute Gasteiger partial charge is 0.136 e. The van der Waals surface area contributed by atoms with Crippen LogP contribution in [0.2, 0.25) is 0 Å². The van der Waals surface area contributed by atoms with Crippen molar-refractivity contribution in [1.29, 1.82) is 0 Å². The van der Waals surface area contributed by atoms with Gasteiger partial charge in [0, 0.05) is 13.1 Å². The van der Waals surface area contributed by atoms with Gasteiger partial charge in [0.15, 0.2) is 0 Å². The molecule has 59 valence electrons. The van der Waals surface area contributed by atoms with Gasteiger partial charge < -0.3 is 4.90 Å². The highest BCUT2D eigenvalue weighted by Crippen LogP contribution is 2.00. The Bertz CT molecular complexity index is 91.3. The quantitative estimate of drug-likeness (QED) is 0.446. The maximum absolute atomic E-state index is 4.70. The minimum Gasteiger partial charge on any atom is -0.361 e. The molecule has 10 heavy (non-hydrogen) atoms. The normalized spacial score (nSPS) is 10.0. The van der Waals surface area contributed by atoms with Gasteiger partial charge in [0.2, 0.25) is 0 Å². The molecule has 1 nitrogen and oxygen atoms in total. The zero-order valence-electron chi connectivity index (χ0n) is 7.05. The lowest BCUT2D eigenvalue weighted by atomic mass is 10.1. The summed E-state index contributed by atoms with van der Waals surface area (Å²) in [4.78, 5) is 2.04. The Labute approximate surface area is 69.4 Å². The molecule has 0 spiro atoms. The van der Waals surface area contributed by atoms with Crippen LogP contribution in [-0.2, 0) is 0 Å². The number of hydrogen-bond acceptors (Lipinski definition) is 1. The van der Waals surface area contributed by atoms with Crippen molar-refractivity contribution < 1.29 is 0 Å². The second-order valence-electron chi connectivity index (χ2n) is 2.85. The molecule has 0 N–H and O–H groups in total. The third-order valence-electron chi connectivity index (χ3n) is 1.49. The second-order valence-corrected chi connectivity index (χ2v) is 3.04. The van der Waals surface area contributed by atoms with Crippen molar-refractivity contribution in [1.82, 2.24) is 4.90 Å². The van der Waals surface area contributed by atoms with Crippen molar-refractivity contribution >= 4 is 17.7 Å². The number of hydrogen-bond donors (Lipinski definition) is 0. The van der Waals surface area contributed by atoms with Crippen LogP contribution < -0.4 is 0 Å². The molecule has 0 aromatic heterocycles. The standard InChI is InChI=1S/C8H16NS/c1-4-9(7-10)6-5-8(2)3/h8H,4-6H2,1-3H3. The van der Waals surface area contributed by atoms with Gasteiger partial charge >= 0.3 is 0 Å². The maximum atomic E-state index is 4.70. The average Bonchev–Trinajstić information content (AvgIpc) is 1.90. The summed E-state index contributed by atoms with van der Waals surface area (Å²) in [5.74, 6) is 0.761. The Kier molecular flexibility index (Phi) is 5.60. The largest absolute Gasteiger partial charge is 0.361 e. The SMILES string of the molecule is CCN([C]=S)CCC(C)C. The summed E-state index contributed by atoms with van der Waals surface area (Å²) >= 11 is 4.70. The first-order valence-corrected chi connectivity index (χ1v) is 4.24. The summed E-state index contributed by atoms with van der Waals surface area (Å²) in [6.07, 6.45) is 1.21. The molecule has 0 aromatic carbocycles. The van der Waals surface area contributed by atoms with E-state index in [-0.39, 0.29) is 0 Å². The summed E-state index contributed by atoms with van der Waals surface area (Å²) in [5, 5.41) is 0. The van der Waals surface area contributed by atoms with Crippen LogP contribution in [0.3, 0.4) is 0 Å². The Morgan fingerprint density at radius 2 is 2.10 bits per heavy atom. The summed E-state index contributed by atoms with van der Waals surface area (Å²) in [5.41, 5.74) is 2.72. The maximum Gasteiger partial charge on any atom is 0.136 e. The molecule has 0 atom stereocenters. The summed E-state index contributed by atoms with van der Waals surface area (Å²) in [6, 6.07) is 0. The fourth-order valence-corrected chi connectivity index (χ4v) is 0.903. The molecule has 0 saturated carbocycles. The molecule has 0 rings (SSSR count). The fraction of sp³-hybridized carbons (Fsp3) is 0.875. The van der Waals surface area contributed by atoms with E-state index in [0.29, 0.717) is 0 Å². The molecule has 0 saturated heterocycles. The molecular formula is C8H16NS. The van der Waals surface area contributed by atoms with E-state index in [1.807, 2.05) is 4.90 Å². The van der Waals surface area contributed by atoms with Gasteiger partial charge in [-0.05, 0) is 19.3 Å². The van der Waals surface area contributed by atoms with Gasteiger partial charge in [-0.3, -0.25) is 0 Å². The highest BCUT2D eigenvalue weighted by atomic mass is 32.1. The molecule has 0 aliphatic rings. The topological polar surface area (TPSA) is 3.24 Å². The highest BCUT2D eigenvalue weighted by molar-refractivity contribution is 7.78. The summed E-state index contributed by atoms with van der Waals surface area (Å²) in [6.45, 7) is 8.57. The number of rotatable bonds is 5. The Hall–Kier alpha value is -0.110. The predicted octanol–water partition coefficient (Wildman–Crippen LogP) is 2.19. The molecule has 0 unspecified atom stereocenters. The van der Waals surface area contributed by atoms with Crippen molar-refractivity contribution in [3.05, 3.63) is 0 Å². The van der Waals surface area contributed by atoms with Crippen LogP contribution in [0.15, 0.2) is 0 Å². The fourth-order valence-electron chi connectivity index (χ4n) is 0.682. The monoisotopic (exact) mass is 158 g/mol. The molecule has 1 radical (unpaired) electrons. The van der Waals surface area contributed by atoms with Crippen LogP contribution in [0.4, 0.5) is 0 Å². The minimum atomic E-state index is 0.761. The van der Waals surface area contributed by atoms with E-state index in [4.69, 9.17) is 12.2 Å². The molecule has 0 bridgehead atoms. The molecule has 0 aliphatic carbocycles. The van der Waals surface area contributed by atoms with Crippen molar-refractivity contribution in [2.45, 2.75) is 27.2 Å². The molecule has 0 aliphatic heterocycles. The molecule has 2 heteroatoms.